The number of hydrogen-bond donors (Lipinski definition) is 0. The highest BCUT2D eigenvalue weighted by molar-refractivity contribution is 7.86. The molecular formula is C25H18Cl2F3NO3S. The number of halogens is 5. The Morgan fingerprint density at radius 3 is 2.37 bits per heavy atom. The average Bonchev–Trinajstić information content (AvgIpc) is 3.23. The maximum Gasteiger partial charge on any atom is 0.435 e. The number of hydrogen-bond acceptors (Lipinski definition) is 4. The standard InChI is InChI=1S/C25H18Cl2F3NO3S/c26-16-8-15(9-17(27)10-16)24(25(28,29)30)11-22(31-34-24)20-5-1-4-19-18(20)3-2-6-21(19)23(32)7-14-12-35(33)13-14/h1-6,8-10,14H,7,11-13H2. The molecule has 2 aliphatic rings. The smallest absolute Gasteiger partial charge is 0.374 e. The van der Waals surface area contributed by atoms with Crippen LogP contribution in [0, 0.1) is 5.92 Å². The van der Waals surface area contributed by atoms with Crippen molar-refractivity contribution < 1.29 is 27.0 Å². The van der Waals surface area contributed by atoms with Gasteiger partial charge in [0, 0.05) is 61.9 Å². The van der Waals surface area contributed by atoms with Crippen molar-refractivity contribution in [1.82, 2.24) is 0 Å². The topological polar surface area (TPSA) is 55.7 Å². The lowest BCUT2D eigenvalue weighted by Crippen LogP contribution is -2.42. The molecule has 0 amide bonds. The van der Waals surface area contributed by atoms with E-state index in [2.05, 4.69) is 5.16 Å². The van der Waals surface area contributed by atoms with E-state index in [-0.39, 0.29) is 39.4 Å². The summed E-state index contributed by atoms with van der Waals surface area (Å²) < 4.78 is 54.5. The third-order valence-electron chi connectivity index (χ3n) is 6.37. The Morgan fingerprint density at radius 2 is 1.71 bits per heavy atom. The van der Waals surface area contributed by atoms with Crippen molar-refractivity contribution >= 4 is 56.3 Å². The van der Waals surface area contributed by atoms with Crippen LogP contribution in [0.25, 0.3) is 10.8 Å². The van der Waals surface area contributed by atoms with E-state index < -0.39 is 29.0 Å². The number of fused-ring (bicyclic) bond motifs is 1. The maximum absolute atomic E-state index is 14.4. The second kappa shape index (κ2) is 8.91. The summed E-state index contributed by atoms with van der Waals surface area (Å²) in [6.07, 6.45) is -5.11. The summed E-state index contributed by atoms with van der Waals surface area (Å²) in [6.45, 7) is 0. The van der Waals surface area contributed by atoms with E-state index in [9.17, 15) is 22.2 Å². The Balaban J connectivity index is 1.52. The van der Waals surface area contributed by atoms with Crippen molar-refractivity contribution in [3.8, 4) is 0 Å². The van der Waals surface area contributed by atoms with Crippen LogP contribution in [-0.2, 0) is 21.2 Å². The van der Waals surface area contributed by atoms with Gasteiger partial charge in [-0.25, -0.2) is 0 Å². The summed E-state index contributed by atoms with van der Waals surface area (Å²) >= 11 is 12.0. The fourth-order valence-electron chi connectivity index (χ4n) is 4.61. The van der Waals surface area contributed by atoms with E-state index in [0.717, 1.165) is 0 Å². The molecule has 2 aliphatic heterocycles. The zero-order valence-electron chi connectivity index (χ0n) is 18.1. The Morgan fingerprint density at radius 1 is 1.06 bits per heavy atom. The van der Waals surface area contributed by atoms with Crippen LogP contribution in [0.4, 0.5) is 13.2 Å². The molecule has 35 heavy (non-hydrogen) atoms. The molecule has 182 valence electrons. The highest BCUT2D eigenvalue weighted by Crippen LogP contribution is 2.50. The SMILES string of the molecule is O=C(CC1CS(=O)C1)c1cccc2c(C3=NOC(c4cc(Cl)cc(Cl)c4)(C(F)(F)F)C3)cccc12. The van der Waals surface area contributed by atoms with Crippen LogP contribution in [0.5, 0.6) is 0 Å². The van der Waals surface area contributed by atoms with E-state index in [1.807, 2.05) is 0 Å². The number of nitrogens with zero attached hydrogens (tertiary/aromatic N) is 1. The number of benzene rings is 3. The quantitative estimate of drug-likeness (QED) is 0.340. The summed E-state index contributed by atoms with van der Waals surface area (Å²) in [5.74, 6) is 1.04. The van der Waals surface area contributed by atoms with E-state index in [1.54, 1.807) is 36.4 Å². The minimum Gasteiger partial charge on any atom is -0.374 e. The van der Waals surface area contributed by atoms with Crippen LogP contribution >= 0.6 is 23.2 Å². The van der Waals surface area contributed by atoms with Gasteiger partial charge in [-0.1, -0.05) is 64.8 Å². The molecule has 0 radical (unpaired) electrons. The third kappa shape index (κ3) is 4.36. The van der Waals surface area contributed by atoms with E-state index >= 15 is 0 Å². The number of oxime groups is 1. The molecule has 0 aromatic heterocycles. The first kappa shape index (κ1) is 24.3. The van der Waals surface area contributed by atoms with Crippen molar-refractivity contribution in [3.05, 3.63) is 81.3 Å². The van der Waals surface area contributed by atoms with Gasteiger partial charge in [0.15, 0.2) is 5.78 Å². The average molecular weight is 540 g/mol. The molecule has 0 saturated carbocycles. The Kier molecular flexibility index (Phi) is 6.18. The number of ketones is 1. The summed E-state index contributed by atoms with van der Waals surface area (Å²) in [5.41, 5.74) is -1.96. The molecule has 0 aliphatic carbocycles. The van der Waals surface area contributed by atoms with E-state index in [1.165, 1.54) is 18.2 Å². The summed E-state index contributed by atoms with van der Waals surface area (Å²) in [4.78, 5) is 18.1. The number of carbonyl (C=O) groups is 1. The first-order chi connectivity index (χ1) is 16.6. The van der Waals surface area contributed by atoms with Crippen molar-refractivity contribution in [2.24, 2.45) is 11.1 Å². The maximum atomic E-state index is 14.4. The van der Waals surface area contributed by atoms with Crippen molar-refractivity contribution in [2.75, 3.05) is 11.5 Å². The molecule has 3 aromatic carbocycles. The molecule has 1 unspecified atom stereocenters. The molecular weight excluding hydrogens is 522 g/mol. The second-order valence-electron chi connectivity index (χ2n) is 8.76. The number of rotatable bonds is 5. The minimum atomic E-state index is -4.80. The predicted octanol–water partition coefficient (Wildman–Crippen LogP) is 6.68. The molecule has 0 spiro atoms. The van der Waals surface area contributed by atoms with Gasteiger partial charge in [0.05, 0.1) is 5.71 Å². The van der Waals surface area contributed by atoms with Crippen LogP contribution in [0.1, 0.15) is 34.3 Å². The largest absolute Gasteiger partial charge is 0.435 e. The van der Waals surface area contributed by atoms with Crippen LogP contribution < -0.4 is 0 Å². The van der Waals surface area contributed by atoms with E-state index in [4.69, 9.17) is 28.0 Å². The van der Waals surface area contributed by atoms with Gasteiger partial charge < -0.3 is 4.84 Å². The highest BCUT2D eigenvalue weighted by atomic mass is 35.5. The molecule has 1 saturated heterocycles. The lowest BCUT2D eigenvalue weighted by molar-refractivity contribution is -0.275. The summed E-state index contributed by atoms with van der Waals surface area (Å²) in [5, 5.41) is 5.18. The Bertz CT molecular complexity index is 1380. The number of alkyl halides is 3. The van der Waals surface area contributed by atoms with Crippen LogP contribution in [0.3, 0.4) is 0 Å². The molecule has 3 aromatic rings. The van der Waals surface area contributed by atoms with Crippen LogP contribution in [-0.4, -0.2) is 33.4 Å². The fourth-order valence-corrected chi connectivity index (χ4v) is 6.32. The van der Waals surface area contributed by atoms with Gasteiger partial charge in [0.2, 0.25) is 0 Å². The molecule has 2 heterocycles. The lowest BCUT2D eigenvalue weighted by Gasteiger charge is -2.29. The molecule has 1 fully saturated rings. The number of Topliss-reactive ketones (excluding diaryl/α,β-unsaturated/α-hetero) is 1. The van der Waals surface area contributed by atoms with Gasteiger partial charge >= 0.3 is 6.18 Å². The normalized spacial score (nSPS) is 24.1. The molecule has 0 N–H and O–H groups in total. The van der Waals surface area contributed by atoms with Crippen LogP contribution in [0.2, 0.25) is 10.0 Å². The fraction of sp³-hybridized carbons (Fsp3) is 0.280. The Hall–Kier alpha value is -2.42. The zero-order chi connectivity index (χ0) is 25.0. The number of carbonyl (C=O) groups excluding carboxylic acids is 1. The molecule has 4 nitrogen and oxygen atoms in total. The molecule has 1 atom stereocenters. The van der Waals surface area contributed by atoms with Gasteiger partial charge in [-0.05, 0) is 34.9 Å². The second-order valence-corrected chi connectivity index (χ2v) is 11.2. The summed E-state index contributed by atoms with van der Waals surface area (Å²) in [6, 6.07) is 13.9. The van der Waals surface area contributed by atoms with Gasteiger partial charge in [0.25, 0.3) is 5.60 Å². The molecule has 0 bridgehead atoms. The van der Waals surface area contributed by atoms with E-state index in [0.29, 0.717) is 33.4 Å². The molecule has 5 rings (SSSR count). The van der Waals surface area contributed by atoms with Crippen molar-refractivity contribution in [3.63, 3.8) is 0 Å². The van der Waals surface area contributed by atoms with Gasteiger partial charge in [0.1, 0.15) is 0 Å². The van der Waals surface area contributed by atoms with Gasteiger partial charge in [-0.15, -0.1) is 0 Å². The third-order valence-corrected chi connectivity index (χ3v) is 8.49. The van der Waals surface area contributed by atoms with Crippen molar-refractivity contribution in [2.45, 2.75) is 24.6 Å². The van der Waals surface area contributed by atoms with Gasteiger partial charge in [-0.2, -0.15) is 13.2 Å². The highest BCUT2D eigenvalue weighted by Gasteiger charge is 2.62. The summed E-state index contributed by atoms with van der Waals surface area (Å²) in [7, 11) is -0.852. The zero-order valence-corrected chi connectivity index (χ0v) is 20.4. The monoisotopic (exact) mass is 539 g/mol. The predicted molar refractivity (Wildman–Crippen MR) is 131 cm³/mol. The Labute approximate surface area is 211 Å². The molecule has 10 heteroatoms. The van der Waals surface area contributed by atoms with Gasteiger partial charge in [-0.3, -0.25) is 9.00 Å². The lowest BCUT2D eigenvalue weighted by atomic mass is 9.85. The van der Waals surface area contributed by atoms with Crippen molar-refractivity contribution in [1.29, 1.82) is 0 Å². The minimum absolute atomic E-state index is 0.0526. The van der Waals surface area contributed by atoms with Crippen LogP contribution in [0.15, 0.2) is 59.8 Å². The first-order valence-electron chi connectivity index (χ1n) is 10.8. The first-order valence-corrected chi connectivity index (χ1v) is 13.0.